The normalized spacial score (nSPS) is 23.2. The molecule has 5 nitrogen and oxygen atoms in total. The number of aliphatic hydroxyl groups is 2. The Morgan fingerprint density at radius 2 is 1.29 bits per heavy atom. The lowest BCUT2D eigenvalue weighted by Crippen LogP contribution is -2.64. The highest BCUT2D eigenvalue weighted by Crippen LogP contribution is 2.54. The summed E-state index contributed by atoms with van der Waals surface area (Å²) in [5, 5.41) is 23.1. The third-order valence-electron chi connectivity index (χ3n) is 5.01. The number of pyridine rings is 1. The second-order valence-corrected chi connectivity index (χ2v) is 8.90. The van der Waals surface area contributed by atoms with Crippen LogP contribution in [0.2, 0.25) is 0 Å². The van der Waals surface area contributed by atoms with E-state index in [2.05, 4.69) is 10.1 Å². The van der Waals surface area contributed by atoms with Crippen molar-refractivity contribution >= 4 is 56.6 Å². The molecule has 0 saturated heterocycles. The zero-order valence-corrected chi connectivity index (χ0v) is 20.6. The third kappa shape index (κ3) is 5.70. The van der Waals surface area contributed by atoms with E-state index in [0.717, 1.165) is 0 Å². The van der Waals surface area contributed by atoms with Crippen LogP contribution >= 0.6 is 45.2 Å². The minimum atomic E-state index is -5.80. The van der Waals surface area contributed by atoms with Gasteiger partial charge in [-0.25, -0.2) is 9.99 Å². The molecule has 1 aliphatic heterocycles. The van der Waals surface area contributed by atoms with E-state index in [9.17, 15) is 62.9 Å². The molecule has 0 aliphatic carbocycles. The van der Waals surface area contributed by atoms with E-state index in [1.165, 1.54) is 45.2 Å². The molecule has 200 valence electrons. The van der Waals surface area contributed by atoms with Gasteiger partial charge >= 0.3 is 24.7 Å². The lowest BCUT2D eigenvalue weighted by Gasteiger charge is -2.44. The maximum atomic E-state index is 13.9. The first-order chi connectivity index (χ1) is 15.6. The zero-order valence-electron chi connectivity index (χ0n) is 16.3. The van der Waals surface area contributed by atoms with Crippen molar-refractivity contribution < 1.29 is 62.9 Å². The van der Waals surface area contributed by atoms with Crippen LogP contribution in [0.5, 0.6) is 0 Å². The molecule has 0 aromatic carbocycles. The third-order valence-corrected chi connectivity index (χ3v) is 7.14. The van der Waals surface area contributed by atoms with E-state index in [4.69, 9.17) is 0 Å². The van der Waals surface area contributed by atoms with Crippen LogP contribution in [0.1, 0.15) is 11.4 Å². The Morgan fingerprint density at radius 3 is 1.60 bits per heavy atom. The topological polar surface area (TPSA) is 69.0 Å². The van der Waals surface area contributed by atoms with Crippen molar-refractivity contribution in [3.8, 4) is 0 Å². The standard InChI is InChI=1S/C16H11F12I2N3O2/c17-13(18,19)7-1-6(2-8(31-7)14(20,21)22)33-11(35)12(5(3-29)4-30,10(34)16(26,27)28)9(32-33)15(23,24)25/h1-2,5,10-11,34-35H,3-4H2. The Hall–Kier alpha value is -0.840. The first-order valence-corrected chi connectivity index (χ1v) is 11.8. The molecule has 0 spiro atoms. The van der Waals surface area contributed by atoms with E-state index >= 15 is 0 Å². The Balaban J connectivity index is 2.93. The molecular formula is C16H11F12I2N3O2. The van der Waals surface area contributed by atoms with Crippen LogP contribution < -0.4 is 5.01 Å². The van der Waals surface area contributed by atoms with Gasteiger partial charge in [-0.2, -0.15) is 57.8 Å². The molecule has 2 heterocycles. The predicted molar refractivity (Wildman–Crippen MR) is 112 cm³/mol. The van der Waals surface area contributed by atoms with Gasteiger partial charge in [0.2, 0.25) is 0 Å². The molecule has 2 rings (SSSR count). The summed E-state index contributed by atoms with van der Waals surface area (Å²) < 4.78 is 160. The molecule has 35 heavy (non-hydrogen) atoms. The molecule has 1 aliphatic rings. The lowest BCUT2D eigenvalue weighted by molar-refractivity contribution is -0.248. The average molecular weight is 759 g/mol. The Morgan fingerprint density at radius 1 is 0.857 bits per heavy atom. The van der Waals surface area contributed by atoms with E-state index in [-0.39, 0.29) is 12.1 Å². The van der Waals surface area contributed by atoms with Crippen LogP contribution in [0.15, 0.2) is 17.2 Å². The van der Waals surface area contributed by atoms with E-state index < -0.39 is 85.0 Å². The number of aliphatic hydroxyl groups excluding tert-OH is 2. The molecular weight excluding hydrogens is 748 g/mol. The average Bonchev–Trinajstić information content (AvgIpc) is 3.00. The highest BCUT2D eigenvalue weighted by atomic mass is 127. The van der Waals surface area contributed by atoms with Crippen LogP contribution in [-0.4, -0.2) is 54.4 Å². The molecule has 0 amide bonds. The van der Waals surface area contributed by atoms with Gasteiger partial charge in [0, 0.05) is 8.86 Å². The van der Waals surface area contributed by atoms with E-state index in [1.54, 1.807) is 0 Å². The first-order valence-electron chi connectivity index (χ1n) is 8.80. The maximum Gasteiger partial charge on any atom is 0.433 e. The van der Waals surface area contributed by atoms with Gasteiger partial charge in [-0.05, 0) is 18.1 Å². The summed E-state index contributed by atoms with van der Waals surface area (Å²) in [6.45, 7) is 0. The van der Waals surface area contributed by atoms with Gasteiger partial charge in [-0.15, -0.1) is 0 Å². The van der Waals surface area contributed by atoms with Crippen LogP contribution in [0.4, 0.5) is 58.4 Å². The van der Waals surface area contributed by atoms with Crippen molar-refractivity contribution in [3.63, 3.8) is 0 Å². The minimum absolute atomic E-state index is 0.213. The summed E-state index contributed by atoms with van der Waals surface area (Å²) >= 11 is 2.74. The number of anilines is 1. The van der Waals surface area contributed by atoms with Gasteiger partial charge in [-0.1, -0.05) is 45.2 Å². The summed E-state index contributed by atoms with van der Waals surface area (Å²) in [7, 11) is 0. The first kappa shape index (κ1) is 30.4. The highest BCUT2D eigenvalue weighted by Gasteiger charge is 2.71. The van der Waals surface area contributed by atoms with Gasteiger partial charge < -0.3 is 10.2 Å². The second-order valence-electron chi connectivity index (χ2n) is 7.14. The van der Waals surface area contributed by atoms with Crippen molar-refractivity contribution in [1.82, 2.24) is 4.98 Å². The molecule has 19 heteroatoms. The molecule has 0 radical (unpaired) electrons. The Labute approximate surface area is 214 Å². The fraction of sp³-hybridized carbons (Fsp3) is 0.625. The van der Waals surface area contributed by atoms with Gasteiger partial charge in [0.25, 0.3) is 0 Å². The van der Waals surface area contributed by atoms with Crippen LogP contribution in [0, 0.1) is 11.3 Å². The summed E-state index contributed by atoms with van der Waals surface area (Å²) in [5.41, 5.74) is -12.1. The van der Waals surface area contributed by atoms with Crippen LogP contribution in [0.3, 0.4) is 0 Å². The molecule has 0 fully saturated rings. The van der Waals surface area contributed by atoms with Gasteiger partial charge in [-0.3, -0.25) is 0 Å². The van der Waals surface area contributed by atoms with Gasteiger partial charge in [0.1, 0.15) is 16.8 Å². The molecule has 0 bridgehead atoms. The molecule has 3 unspecified atom stereocenters. The number of nitrogens with zero attached hydrogens (tertiary/aromatic N) is 3. The lowest BCUT2D eigenvalue weighted by atomic mass is 9.67. The molecule has 3 atom stereocenters. The van der Waals surface area contributed by atoms with E-state index in [1.807, 2.05) is 0 Å². The predicted octanol–water partition coefficient (Wildman–Crippen LogP) is 5.57. The van der Waals surface area contributed by atoms with Crippen molar-refractivity contribution in [2.75, 3.05) is 13.9 Å². The van der Waals surface area contributed by atoms with Crippen molar-refractivity contribution in [1.29, 1.82) is 0 Å². The summed E-state index contributed by atoms with van der Waals surface area (Å²) in [6.07, 6.45) is -29.8. The summed E-state index contributed by atoms with van der Waals surface area (Å²) in [5.74, 6) is -1.84. The second kappa shape index (κ2) is 9.80. The fourth-order valence-corrected chi connectivity index (χ4v) is 6.75. The monoisotopic (exact) mass is 759 g/mol. The summed E-state index contributed by atoms with van der Waals surface area (Å²) in [6, 6.07) is -0.426. The number of hydrazone groups is 1. The van der Waals surface area contributed by atoms with Crippen molar-refractivity contribution in [2.45, 2.75) is 37.0 Å². The number of alkyl halides is 14. The molecule has 0 saturated carbocycles. The van der Waals surface area contributed by atoms with Crippen molar-refractivity contribution in [3.05, 3.63) is 23.5 Å². The van der Waals surface area contributed by atoms with Crippen molar-refractivity contribution in [2.24, 2.45) is 16.4 Å². The maximum absolute atomic E-state index is 13.9. The Bertz CT molecular complexity index is 927. The number of halogens is 14. The fourth-order valence-electron chi connectivity index (χ4n) is 3.48. The summed E-state index contributed by atoms with van der Waals surface area (Å²) in [4.78, 5) is 2.36. The highest BCUT2D eigenvalue weighted by molar-refractivity contribution is 14.1. The number of hydrogen-bond donors (Lipinski definition) is 2. The number of aromatic nitrogens is 1. The minimum Gasteiger partial charge on any atom is -0.383 e. The smallest absolute Gasteiger partial charge is 0.383 e. The quantitative estimate of drug-likeness (QED) is 0.234. The Kier molecular flexibility index (Phi) is 8.51. The molecule has 1 aromatic heterocycles. The molecule has 1 aromatic rings. The molecule has 2 N–H and O–H groups in total. The van der Waals surface area contributed by atoms with Crippen LogP contribution in [-0.2, 0) is 12.4 Å². The zero-order chi connectivity index (χ0) is 27.4. The van der Waals surface area contributed by atoms with Gasteiger partial charge in [0.05, 0.1) is 5.69 Å². The van der Waals surface area contributed by atoms with E-state index in [0.29, 0.717) is 0 Å². The number of rotatable bonds is 5. The van der Waals surface area contributed by atoms with Gasteiger partial charge in [0.15, 0.2) is 18.0 Å². The SMILES string of the molecule is OC1N(c2cc(C(F)(F)F)nc(C(F)(F)F)c2)N=C(C(F)(F)F)C1(C(CI)CI)C(O)C(F)(F)F. The van der Waals surface area contributed by atoms with Crippen LogP contribution in [0.25, 0.3) is 0 Å². The number of hydrogen-bond acceptors (Lipinski definition) is 5. The largest absolute Gasteiger partial charge is 0.433 e.